The Bertz CT molecular complexity index is 1270. The average molecular weight is 401 g/mol. The van der Waals surface area contributed by atoms with Crippen LogP contribution in [0.3, 0.4) is 0 Å². The number of hydrogen-bond donors (Lipinski definition) is 0. The van der Waals surface area contributed by atoms with Gasteiger partial charge in [-0.3, -0.25) is 4.79 Å². The normalized spacial score (nSPS) is 22.0. The van der Waals surface area contributed by atoms with Crippen molar-refractivity contribution >= 4 is 16.6 Å². The number of rotatable bonds is 3. The van der Waals surface area contributed by atoms with E-state index in [4.69, 9.17) is 10.1 Å². The van der Waals surface area contributed by atoms with E-state index in [1.54, 1.807) is 6.20 Å². The van der Waals surface area contributed by atoms with Crippen LogP contribution < -0.4 is 5.56 Å². The standard InChI is InChI=1S/C25H28N4O/c1-4-20-23(18-10-6-5-7-11-18)24-26-15-19-22(29(24)27-20)13-14-28(25(19)30)21-12-8-9-16(2)17(21)3/h5-7,10-11,13-17,21H,4,8-9,12H2,1-3H3/t16-,17+,21+/m1/s1. The molecule has 3 aromatic heterocycles. The zero-order chi connectivity index (χ0) is 20.8. The van der Waals surface area contributed by atoms with E-state index in [9.17, 15) is 4.79 Å². The number of benzene rings is 1. The molecule has 0 unspecified atom stereocenters. The quantitative estimate of drug-likeness (QED) is 0.471. The Morgan fingerprint density at radius 1 is 1.10 bits per heavy atom. The number of nitrogens with zero attached hydrogens (tertiary/aromatic N) is 4. The van der Waals surface area contributed by atoms with Crippen molar-refractivity contribution in [1.82, 2.24) is 19.2 Å². The highest BCUT2D eigenvalue weighted by Gasteiger charge is 2.29. The van der Waals surface area contributed by atoms with E-state index in [0.29, 0.717) is 17.2 Å². The van der Waals surface area contributed by atoms with Crippen molar-refractivity contribution in [2.24, 2.45) is 11.8 Å². The van der Waals surface area contributed by atoms with E-state index in [0.717, 1.165) is 40.8 Å². The topological polar surface area (TPSA) is 52.2 Å². The van der Waals surface area contributed by atoms with E-state index < -0.39 is 0 Å². The van der Waals surface area contributed by atoms with Gasteiger partial charge in [0.05, 0.1) is 16.6 Å². The van der Waals surface area contributed by atoms with Crippen LogP contribution in [0.1, 0.15) is 51.8 Å². The van der Waals surface area contributed by atoms with E-state index >= 15 is 0 Å². The van der Waals surface area contributed by atoms with Crippen LogP contribution in [-0.4, -0.2) is 19.2 Å². The minimum Gasteiger partial charge on any atom is -0.311 e. The first-order valence-corrected chi connectivity index (χ1v) is 11.1. The molecule has 3 atom stereocenters. The summed E-state index contributed by atoms with van der Waals surface area (Å²) in [4.78, 5) is 18.2. The van der Waals surface area contributed by atoms with Gasteiger partial charge in [-0.25, -0.2) is 9.50 Å². The summed E-state index contributed by atoms with van der Waals surface area (Å²) in [5.74, 6) is 1.13. The highest BCUT2D eigenvalue weighted by atomic mass is 16.1. The van der Waals surface area contributed by atoms with E-state index in [-0.39, 0.29) is 11.6 Å². The summed E-state index contributed by atoms with van der Waals surface area (Å²) in [7, 11) is 0. The van der Waals surface area contributed by atoms with Crippen LogP contribution >= 0.6 is 0 Å². The lowest BCUT2D eigenvalue weighted by Gasteiger charge is -2.35. The summed E-state index contributed by atoms with van der Waals surface area (Å²) in [6.07, 6.45) is 8.01. The lowest BCUT2D eigenvalue weighted by molar-refractivity contribution is 0.183. The van der Waals surface area contributed by atoms with E-state index in [1.165, 1.54) is 12.8 Å². The van der Waals surface area contributed by atoms with E-state index in [1.807, 2.05) is 39.5 Å². The molecule has 5 nitrogen and oxygen atoms in total. The summed E-state index contributed by atoms with van der Waals surface area (Å²) < 4.78 is 3.80. The highest BCUT2D eigenvalue weighted by Crippen LogP contribution is 2.37. The van der Waals surface area contributed by atoms with Crippen LogP contribution in [-0.2, 0) is 6.42 Å². The van der Waals surface area contributed by atoms with Crippen LogP contribution in [0.5, 0.6) is 0 Å². The first-order valence-electron chi connectivity index (χ1n) is 11.1. The predicted octanol–water partition coefficient (Wildman–Crippen LogP) is 5.27. The molecule has 3 heterocycles. The van der Waals surface area contributed by atoms with Crippen molar-refractivity contribution < 1.29 is 0 Å². The molecule has 0 bridgehead atoms. The SMILES string of the molecule is CCc1nn2c(ncc3c(=O)n([C@H]4CCC[C@@H](C)[C@@H]4C)ccc32)c1-c1ccccc1. The summed E-state index contributed by atoms with van der Waals surface area (Å²) in [6, 6.07) is 12.6. The zero-order valence-corrected chi connectivity index (χ0v) is 17.9. The fourth-order valence-corrected chi connectivity index (χ4v) is 5.08. The highest BCUT2D eigenvalue weighted by molar-refractivity contribution is 5.86. The molecule has 1 saturated carbocycles. The molecule has 1 fully saturated rings. The van der Waals surface area contributed by atoms with Gasteiger partial charge in [-0.05, 0) is 36.3 Å². The third-order valence-corrected chi connectivity index (χ3v) is 7.03. The first kappa shape index (κ1) is 19.0. The number of pyridine rings is 1. The monoisotopic (exact) mass is 400 g/mol. The Balaban J connectivity index is 1.71. The van der Waals surface area contributed by atoms with Gasteiger partial charge >= 0.3 is 0 Å². The molecule has 0 amide bonds. The number of fused-ring (bicyclic) bond motifs is 3. The molecule has 154 valence electrons. The van der Waals surface area contributed by atoms with Crippen molar-refractivity contribution in [3.05, 3.63) is 64.8 Å². The second-order valence-corrected chi connectivity index (χ2v) is 8.70. The number of hydrogen-bond acceptors (Lipinski definition) is 3. The minimum atomic E-state index is 0.0441. The van der Waals surface area contributed by atoms with Crippen molar-refractivity contribution in [1.29, 1.82) is 0 Å². The van der Waals surface area contributed by atoms with Gasteiger partial charge in [0.2, 0.25) is 0 Å². The molecule has 0 saturated heterocycles. The van der Waals surface area contributed by atoms with Gasteiger partial charge in [0.25, 0.3) is 5.56 Å². The molecular formula is C25H28N4O. The molecule has 4 aromatic rings. The van der Waals surface area contributed by atoms with Crippen LogP contribution in [0.4, 0.5) is 0 Å². The van der Waals surface area contributed by atoms with Crippen LogP contribution in [0.25, 0.3) is 27.7 Å². The molecule has 1 aliphatic carbocycles. The van der Waals surface area contributed by atoms with Gasteiger partial charge in [-0.1, -0.05) is 63.9 Å². The smallest absolute Gasteiger partial charge is 0.261 e. The Labute approximate surface area is 176 Å². The van der Waals surface area contributed by atoms with Crippen molar-refractivity contribution in [2.45, 2.75) is 52.5 Å². The lowest BCUT2D eigenvalue weighted by Crippen LogP contribution is -2.33. The maximum absolute atomic E-state index is 13.4. The zero-order valence-electron chi connectivity index (χ0n) is 17.9. The Morgan fingerprint density at radius 3 is 2.67 bits per heavy atom. The molecule has 0 spiro atoms. The summed E-state index contributed by atoms with van der Waals surface area (Å²) >= 11 is 0. The number of aryl methyl sites for hydroxylation is 1. The second-order valence-electron chi connectivity index (χ2n) is 8.70. The van der Waals surface area contributed by atoms with Gasteiger partial charge in [-0.15, -0.1) is 0 Å². The third kappa shape index (κ3) is 2.87. The number of aromatic nitrogens is 4. The Morgan fingerprint density at radius 2 is 1.90 bits per heavy atom. The summed E-state index contributed by atoms with van der Waals surface area (Å²) in [5.41, 5.74) is 4.84. The van der Waals surface area contributed by atoms with Gasteiger partial charge in [-0.2, -0.15) is 5.10 Å². The molecule has 0 N–H and O–H groups in total. The minimum absolute atomic E-state index is 0.0441. The van der Waals surface area contributed by atoms with Crippen molar-refractivity contribution in [3.63, 3.8) is 0 Å². The lowest BCUT2D eigenvalue weighted by atomic mass is 9.78. The fourth-order valence-electron chi connectivity index (χ4n) is 5.08. The van der Waals surface area contributed by atoms with Crippen LogP contribution in [0.2, 0.25) is 0 Å². The fraction of sp³-hybridized carbons (Fsp3) is 0.400. The third-order valence-electron chi connectivity index (χ3n) is 7.03. The molecule has 1 aromatic carbocycles. The molecular weight excluding hydrogens is 372 g/mol. The van der Waals surface area contributed by atoms with Crippen LogP contribution in [0, 0.1) is 11.8 Å². The Hall–Kier alpha value is -2.95. The molecule has 0 aliphatic heterocycles. The first-order chi connectivity index (χ1) is 14.6. The summed E-state index contributed by atoms with van der Waals surface area (Å²) in [5, 5.41) is 5.49. The average Bonchev–Trinajstić information content (AvgIpc) is 3.16. The van der Waals surface area contributed by atoms with Gasteiger partial charge in [0.1, 0.15) is 0 Å². The van der Waals surface area contributed by atoms with Crippen molar-refractivity contribution in [2.75, 3.05) is 0 Å². The maximum atomic E-state index is 13.4. The summed E-state index contributed by atoms with van der Waals surface area (Å²) in [6.45, 7) is 6.68. The van der Waals surface area contributed by atoms with Gasteiger partial charge in [0.15, 0.2) is 5.65 Å². The van der Waals surface area contributed by atoms with Crippen LogP contribution in [0.15, 0.2) is 53.6 Å². The largest absolute Gasteiger partial charge is 0.311 e. The molecule has 0 radical (unpaired) electrons. The Kier molecular flexibility index (Phi) is 4.69. The van der Waals surface area contributed by atoms with Crippen molar-refractivity contribution in [3.8, 4) is 11.1 Å². The molecule has 30 heavy (non-hydrogen) atoms. The second kappa shape index (κ2) is 7.38. The molecule has 1 aliphatic rings. The van der Waals surface area contributed by atoms with Gasteiger partial charge < -0.3 is 4.57 Å². The van der Waals surface area contributed by atoms with E-state index in [2.05, 4.69) is 32.9 Å². The predicted molar refractivity (Wildman–Crippen MR) is 121 cm³/mol. The molecule has 5 heteroatoms. The molecule has 5 rings (SSSR count). The maximum Gasteiger partial charge on any atom is 0.261 e. The van der Waals surface area contributed by atoms with Gasteiger partial charge in [0, 0.05) is 24.0 Å².